The number of hydrogen-bond acceptors (Lipinski definition) is 3. The number of thioether (sulfide) groups is 1. The Balaban J connectivity index is 2.14. The van der Waals surface area contributed by atoms with Crippen LogP contribution in [-0.4, -0.2) is 35.6 Å². The summed E-state index contributed by atoms with van der Waals surface area (Å²) in [6.07, 6.45) is 0. The van der Waals surface area contributed by atoms with E-state index in [9.17, 15) is 9.59 Å². The van der Waals surface area contributed by atoms with Gasteiger partial charge in [0.15, 0.2) is 0 Å². The predicted molar refractivity (Wildman–Crippen MR) is 103 cm³/mol. The Labute approximate surface area is 157 Å². The topological polar surface area (TPSA) is 49.4 Å². The molecule has 0 aliphatic rings. The maximum Gasteiger partial charge on any atom is 0.242 e. The van der Waals surface area contributed by atoms with E-state index in [2.05, 4.69) is 5.32 Å². The highest BCUT2D eigenvalue weighted by Gasteiger charge is 2.25. The lowest BCUT2D eigenvalue weighted by molar-refractivity contribution is -0.138. The fraction of sp³-hybridized carbons (Fsp3) is 0.263. The zero-order chi connectivity index (χ0) is 18.2. The van der Waals surface area contributed by atoms with E-state index in [1.807, 2.05) is 48.5 Å². The van der Waals surface area contributed by atoms with E-state index in [-0.39, 0.29) is 17.6 Å². The zero-order valence-corrected chi connectivity index (χ0v) is 15.8. The van der Waals surface area contributed by atoms with E-state index in [0.29, 0.717) is 11.6 Å². The highest BCUT2D eigenvalue weighted by Crippen LogP contribution is 2.21. The first-order chi connectivity index (χ1) is 12.0. The van der Waals surface area contributed by atoms with Crippen LogP contribution in [0.5, 0.6) is 0 Å². The Morgan fingerprint density at radius 1 is 1.12 bits per heavy atom. The first-order valence-corrected chi connectivity index (χ1v) is 9.31. The van der Waals surface area contributed by atoms with Crippen LogP contribution in [0.1, 0.15) is 12.5 Å². The molecule has 4 nitrogen and oxygen atoms in total. The number of rotatable bonds is 7. The third-order valence-electron chi connectivity index (χ3n) is 3.82. The molecule has 1 atom stereocenters. The number of likely N-dealkylation sites (N-methyl/N-ethyl adjacent to an activating group) is 1. The Kier molecular flexibility index (Phi) is 7.34. The minimum Gasteiger partial charge on any atom is -0.357 e. The maximum atomic E-state index is 12.8. The van der Waals surface area contributed by atoms with Crippen LogP contribution in [-0.2, 0) is 16.1 Å². The number of benzene rings is 2. The molecule has 0 aliphatic carbocycles. The van der Waals surface area contributed by atoms with Crippen molar-refractivity contribution < 1.29 is 9.59 Å². The minimum absolute atomic E-state index is 0.107. The van der Waals surface area contributed by atoms with Gasteiger partial charge in [-0.25, -0.2) is 0 Å². The van der Waals surface area contributed by atoms with Gasteiger partial charge in [0, 0.05) is 23.5 Å². The van der Waals surface area contributed by atoms with Crippen LogP contribution in [0.25, 0.3) is 0 Å². The molecule has 1 N–H and O–H groups in total. The Morgan fingerprint density at radius 2 is 1.76 bits per heavy atom. The highest BCUT2D eigenvalue weighted by atomic mass is 35.5. The van der Waals surface area contributed by atoms with Crippen LogP contribution >= 0.6 is 23.4 Å². The smallest absolute Gasteiger partial charge is 0.242 e. The molecule has 25 heavy (non-hydrogen) atoms. The number of carbonyl (C=O) groups excluding carboxylic acids is 2. The number of nitrogens with one attached hydrogen (secondary N) is 1. The molecule has 0 aliphatic heterocycles. The number of carbonyl (C=O) groups is 2. The lowest BCUT2D eigenvalue weighted by Gasteiger charge is -2.28. The van der Waals surface area contributed by atoms with Gasteiger partial charge < -0.3 is 10.2 Å². The van der Waals surface area contributed by atoms with Gasteiger partial charge in [0.25, 0.3) is 0 Å². The van der Waals surface area contributed by atoms with Crippen molar-refractivity contribution in [2.75, 3.05) is 12.8 Å². The molecule has 132 valence electrons. The summed E-state index contributed by atoms with van der Waals surface area (Å²) in [6.45, 7) is 2.02. The van der Waals surface area contributed by atoms with Crippen molar-refractivity contribution in [1.29, 1.82) is 0 Å². The minimum atomic E-state index is -0.579. The van der Waals surface area contributed by atoms with Gasteiger partial charge in [-0.1, -0.05) is 48.0 Å². The van der Waals surface area contributed by atoms with Crippen molar-refractivity contribution >= 4 is 35.2 Å². The second-order valence-electron chi connectivity index (χ2n) is 5.51. The average molecular weight is 377 g/mol. The second kappa shape index (κ2) is 9.49. The van der Waals surface area contributed by atoms with E-state index < -0.39 is 6.04 Å². The average Bonchev–Trinajstić information content (AvgIpc) is 2.65. The molecule has 0 radical (unpaired) electrons. The summed E-state index contributed by atoms with van der Waals surface area (Å²) in [5.74, 6) is -0.0505. The van der Waals surface area contributed by atoms with Crippen LogP contribution in [0.15, 0.2) is 59.5 Å². The molecule has 0 bridgehead atoms. The second-order valence-corrected chi connectivity index (χ2v) is 6.96. The van der Waals surface area contributed by atoms with Crippen molar-refractivity contribution in [3.05, 3.63) is 65.2 Å². The lowest BCUT2D eigenvalue weighted by atomic mass is 10.1. The van der Waals surface area contributed by atoms with E-state index in [1.54, 1.807) is 24.9 Å². The summed E-state index contributed by atoms with van der Waals surface area (Å²) < 4.78 is 0. The van der Waals surface area contributed by atoms with Gasteiger partial charge in [-0.15, -0.1) is 11.8 Å². The van der Waals surface area contributed by atoms with E-state index >= 15 is 0 Å². The number of amides is 2. The van der Waals surface area contributed by atoms with Crippen LogP contribution in [0.4, 0.5) is 0 Å². The molecule has 0 saturated heterocycles. The SMILES string of the molecule is CNC(=O)[C@H](C)N(Cc1ccccc1Cl)C(=O)CSc1ccccc1. The Bertz CT molecular complexity index is 724. The summed E-state index contributed by atoms with van der Waals surface area (Å²) in [6, 6.07) is 16.5. The fourth-order valence-electron chi connectivity index (χ4n) is 2.35. The largest absolute Gasteiger partial charge is 0.357 e. The summed E-state index contributed by atoms with van der Waals surface area (Å²) in [4.78, 5) is 27.4. The highest BCUT2D eigenvalue weighted by molar-refractivity contribution is 8.00. The molecule has 2 amide bonds. The third-order valence-corrected chi connectivity index (χ3v) is 5.18. The molecular formula is C19H21ClN2O2S. The quantitative estimate of drug-likeness (QED) is 0.751. The molecule has 2 aromatic carbocycles. The number of halogens is 1. The number of nitrogens with zero attached hydrogens (tertiary/aromatic N) is 1. The fourth-order valence-corrected chi connectivity index (χ4v) is 3.35. The van der Waals surface area contributed by atoms with Gasteiger partial charge in [0.2, 0.25) is 11.8 Å². The first-order valence-electron chi connectivity index (χ1n) is 7.95. The van der Waals surface area contributed by atoms with Crippen molar-refractivity contribution in [3.63, 3.8) is 0 Å². The molecule has 2 aromatic rings. The van der Waals surface area contributed by atoms with Crippen LogP contribution < -0.4 is 5.32 Å². The van der Waals surface area contributed by atoms with E-state index in [0.717, 1.165) is 10.5 Å². The van der Waals surface area contributed by atoms with Gasteiger partial charge in [-0.3, -0.25) is 9.59 Å². The normalized spacial score (nSPS) is 11.6. The van der Waals surface area contributed by atoms with Crippen molar-refractivity contribution in [3.8, 4) is 0 Å². The molecule has 0 heterocycles. The van der Waals surface area contributed by atoms with Gasteiger partial charge in [0.05, 0.1) is 5.75 Å². The first kappa shape index (κ1) is 19.3. The van der Waals surface area contributed by atoms with Crippen molar-refractivity contribution in [2.24, 2.45) is 0 Å². The summed E-state index contributed by atoms with van der Waals surface area (Å²) in [7, 11) is 1.57. The van der Waals surface area contributed by atoms with Gasteiger partial charge in [0.1, 0.15) is 6.04 Å². The van der Waals surface area contributed by atoms with Crippen LogP contribution in [0.2, 0.25) is 5.02 Å². The predicted octanol–water partition coefficient (Wildman–Crippen LogP) is 3.60. The molecule has 2 rings (SSSR count). The molecular weight excluding hydrogens is 356 g/mol. The van der Waals surface area contributed by atoms with Crippen molar-refractivity contribution in [2.45, 2.75) is 24.4 Å². The molecule has 0 unspecified atom stereocenters. The summed E-state index contributed by atoms with van der Waals surface area (Å²) >= 11 is 7.67. The standard InChI is InChI=1S/C19H21ClN2O2S/c1-14(19(24)21-2)22(12-15-8-6-7-11-17(15)20)18(23)13-25-16-9-4-3-5-10-16/h3-11,14H,12-13H2,1-2H3,(H,21,24)/t14-/m0/s1. The molecule has 6 heteroatoms. The zero-order valence-electron chi connectivity index (χ0n) is 14.2. The lowest BCUT2D eigenvalue weighted by Crippen LogP contribution is -2.47. The number of hydrogen-bond donors (Lipinski definition) is 1. The van der Waals surface area contributed by atoms with Crippen LogP contribution in [0, 0.1) is 0 Å². The Hall–Kier alpha value is -1.98. The van der Waals surface area contributed by atoms with Gasteiger partial charge >= 0.3 is 0 Å². The van der Waals surface area contributed by atoms with E-state index in [1.165, 1.54) is 11.8 Å². The summed E-state index contributed by atoms with van der Waals surface area (Å²) in [5, 5.41) is 3.19. The molecule has 0 saturated carbocycles. The summed E-state index contributed by atoms with van der Waals surface area (Å²) in [5.41, 5.74) is 0.818. The van der Waals surface area contributed by atoms with Gasteiger partial charge in [-0.2, -0.15) is 0 Å². The monoisotopic (exact) mass is 376 g/mol. The van der Waals surface area contributed by atoms with Crippen molar-refractivity contribution in [1.82, 2.24) is 10.2 Å². The maximum absolute atomic E-state index is 12.8. The van der Waals surface area contributed by atoms with Gasteiger partial charge in [-0.05, 0) is 30.7 Å². The van der Waals surface area contributed by atoms with E-state index in [4.69, 9.17) is 11.6 Å². The molecule has 0 spiro atoms. The molecule has 0 aromatic heterocycles. The Morgan fingerprint density at radius 3 is 2.40 bits per heavy atom. The van der Waals surface area contributed by atoms with Crippen LogP contribution in [0.3, 0.4) is 0 Å². The molecule has 0 fully saturated rings. The third kappa shape index (κ3) is 5.51.